The van der Waals surface area contributed by atoms with Gasteiger partial charge < -0.3 is 4.74 Å². The van der Waals surface area contributed by atoms with Crippen LogP contribution in [0.25, 0.3) is 0 Å². The van der Waals surface area contributed by atoms with Crippen LogP contribution in [0.1, 0.15) is 30.5 Å². The maximum Gasteiger partial charge on any atom is 0.243 e. The number of aryl methyl sites for hydroxylation is 1. The SMILES string of the molecule is C=C1CN(S(=O)(=O)c2ccc(C)cc2)[C@@H](c2ccc(OC)cc2)[C@]1(C#N)CC. The van der Waals surface area contributed by atoms with E-state index in [0.29, 0.717) is 17.7 Å². The van der Waals surface area contributed by atoms with Gasteiger partial charge in [0.2, 0.25) is 10.0 Å². The van der Waals surface area contributed by atoms with E-state index in [-0.39, 0.29) is 11.4 Å². The molecule has 0 bridgehead atoms. The molecule has 1 heterocycles. The van der Waals surface area contributed by atoms with Crippen molar-refractivity contribution in [2.75, 3.05) is 13.7 Å². The molecule has 0 aromatic heterocycles. The van der Waals surface area contributed by atoms with Gasteiger partial charge in [-0.1, -0.05) is 43.3 Å². The van der Waals surface area contributed by atoms with Gasteiger partial charge in [-0.2, -0.15) is 9.57 Å². The molecule has 1 fully saturated rings. The van der Waals surface area contributed by atoms with Gasteiger partial charge in [0.05, 0.1) is 29.5 Å². The van der Waals surface area contributed by atoms with Crippen LogP contribution in [-0.4, -0.2) is 26.4 Å². The molecule has 6 heteroatoms. The molecule has 0 saturated carbocycles. The number of ether oxygens (including phenoxy) is 1. The summed E-state index contributed by atoms with van der Waals surface area (Å²) in [5, 5.41) is 10.1. The number of benzene rings is 2. The van der Waals surface area contributed by atoms with Crippen molar-refractivity contribution in [1.82, 2.24) is 4.31 Å². The van der Waals surface area contributed by atoms with Crippen molar-refractivity contribution in [3.8, 4) is 11.8 Å². The Morgan fingerprint density at radius 2 is 1.82 bits per heavy atom. The average Bonchev–Trinajstić information content (AvgIpc) is 3.01. The molecule has 2 atom stereocenters. The van der Waals surface area contributed by atoms with Crippen LogP contribution >= 0.6 is 0 Å². The quantitative estimate of drug-likeness (QED) is 0.709. The molecule has 0 unspecified atom stereocenters. The Morgan fingerprint density at radius 1 is 1.21 bits per heavy atom. The topological polar surface area (TPSA) is 70.4 Å². The van der Waals surface area contributed by atoms with Gasteiger partial charge in [0, 0.05) is 6.54 Å². The van der Waals surface area contributed by atoms with E-state index >= 15 is 0 Å². The van der Waals surface area contributed by atoms with Gasteiger partial charge in [-0.15, -0.1) is 0 Å². The summed E-state index contributed by atoms with van der Waals surface area (Å²) in [6.45, 7) is 8.00. The highest BCUT2D eigenvalue weighted by atomic mass is 32.2. The molecule has 0 radical (unpaired) electrons. The van der Waals surface area contributed by atoms with Crippen molar-refractivity contribution in [3.05, 3.63) is 71.8 Å². The lowest BCUT2D eigenvalue weighted by Gasteiger charge is -2.32. The average molecular weight is 397 g/mol. The van der Waals surface area contributed by atoms with Crippen molar-refractivity contribution in [1.29, 1.82) is 5.26 Å². The van der Waals surface area contributed by atoms with E-state index in [0.717, 1.165) is 11.1 Å². The van der Waals surface area contributed by atoms with E-state index in [2.05, 4.69) is 12.6 Å². The Morgan fingerprint density at radius 3 is 2.32 bits per heavy atom. The monoisotopic (exact) mass is 396 g/mol. The molecule has 0 aliphatic carbocycles. The Labute approximate surface area is 166 Å². The fourth-order valence-corrected chi connectivity index (χ4v) is 5.48. The summed E-state index contributed by atoms with van der Waals surface area (Å²) in [5.41, 5.74) is 1.37. The zero-order valence-corrected chi connectivity index (χ0v) is 17.2. The van der Waals surface area contributed by atoms with Gasteiger partial charge in [0.1, 0.15) is 5.75 Å². The summed E-state index contributed by atoms with van der Waals surface area (Å²) < 4.78 is 33.6. The first kappa shape index (κ1) is 20.1. The van der Waals surface area contributed by atoms with Gasteiger partial charge in [0.25, 0.3) is 0 Å². The van der Waals surface area contributed by atoms with Gasteiger partial charge in [-0.25, -0.2) is 8.42 Å². The van der Waals surface area contributed by atoms with Crippen LogP contribution in [0.15, 0.2) is 65.6 Å². The van der Waals surface area contributed by atoms with E-state index in [4.69, 9.17) is 4.74 Å². The van der Waals surface area contributed by atoms with Gasteiger partial charge in [-0.3, -0.25) is 0 Å². The highest BCUT2D eigenvalue weighted by molar-refractivity contribution is 7.89. The summed E-state index contributed by atoms with van der Waals surface area (Å²) in [6.07, 6.45) is 0.471. The lowest BCUT2D eigenvalue weighted by Crippen LogP contribution is -2.35. The van der Waals surface area contributed by atoms with E-state index < -0.39 is 21.5 Å². The third-order valence-corrected chi connectivity index (χ3v) is 7.37. The summed E-state index contributed by atoms with van der Waals surface area (Å²) >= 11 is 0. The third kappa shape index (κ3) is 3.11. The largest absolute Gasteiger partial charge is 0.497 e. The van der Waals surface area contributed by atoms with Gasteiger partial charge in [0.15, 0.2) is 0 Å². The Kier molecular flexibility index (Phi) is 5.33. The minimum absolute atomic E-state index is 0.119. The second-order valence-corrected chi connectivity index (χ2v) is 8.97. The van der Waals surface area contributed by atoms with Crippen LogP contribution in [-0.2, 0) is 10.0 Å². The van der Waals surface area contributed by atoms with Crippen LogP contribution in [0.3, 0.4) is 0 Å². The standard InChI is InChI=1S/C22H24N2O3S/c1-5-22(15-23)17(3)14-24(21(22)18-8-10-19(27-4)11-9-18)28(25,26)20-12-6-16(2)7-13-20/h6-13,21H,3,5,14H2,1-2,4H3/t21-,22-/m0/s1. The molecule has 0 spiro atoms. The van der Waals surface area contributed by atoms with E-state index in [9.17, 15) is 13.7 Å². The molecular weight excluding hydrogens is 372 g/mol. The first-order valence-electron chi connectivity index (χ1n) is 9.12. The molecule has 28 heavy (non-hydrogen) atoms. The zero-order chi connectivity index (χ0) is 20.5. The molecule has 5 nitrogen and oxygen atoms in total. The molecule has 2 aromatic carbocycles. The summed E-state index contributed by atoms with van der Waals surface area (Å²) in [4.78, 5) is 0.217. The predicted octanol–water partition coefficient (Wildman–Crippen LogP) is 4.23. The highest BCUT2D eigenvalue weighted by Gasteiger charge is 2.54. The van der Waals surface area contributed by atoms with Crippen LogP contribution in [0, 0.1) is 23.7 Å². The number of rotatable bonds is 5. The van der Waals surface area contributed by atoms with Crippen LogP contribution < -0.4 is 4.74 Å². The molecule has 3 rings (SSSR count). The molecule has 0 N–H and O–H groups in total. The van der Waals surface area contributed by atoms with E-state index in [1.165, 1.54) is 4.31 Å². The summed E-state index contributed by atoms with van der Waals surface area (Å²) in [5.74, 6) is 0.674. The van der Waals surface area contributed by atoms with Crippen LogP contribution in [0.5, 0.6) is 5.75 Å². The van der Waals surface area contributed by atoms with Crippen molar-refractivity contribution in [2.24, 2.45) is 5.41 Å². The maximum atomic E-state index is 13.5. The molecule has 2 aromatic rings. The maximum absolute atomic E-state index is 13.5. The molecule has 1 saturated heterocycles. The smallest absolute Gasteiger partial charge is 0.243 e. The van der Waals surface area contributed by atoms with Gasteiger partial charge in [-0.05, 0) is 48.7 Å². The van der Waals surface area contributed by atoms with Crippen LogP contribution in [0.2, 0.25) is 0 Å². The summed E-state index contributed by atoms with van der Waals surface area (Å²) in [7, 11) is -2.23. The normalized spacial score (nSPS) is 22.8. The number of nitrogens with zero attached hydrogens (tertiary/aromatic N) is 2. The lowest BCUT2D eigenvalue weighted by atomic mass is 9.74. The number of sulfonamides is 1. The predicted molar refractivity (Wildman–Crippen MR) is 108 cm³/mol. The Hall–Kier alpha value is -2.62. The second-order valence-electron chi connectivity index (χ2n) is 7.08. The first-order chi connectivity index (χ1) is 13.3. The molecular formula is C22H24N2O3S. The first-order valence-corrected chi connectivity index (χ1v) is 10.6. The fourth-order valence-electron chi connectivity index (χ4n) is 3.83. The number of nitriles is 1. The van der Waals surface area contributed by atoms with Crippen LogP contribution in [0.4, 0.5) is 0 Å². The molecule has 1 aliphatic rings. The molecule has 146 valence electrons. The second kappa shape index (κ2) is 7.42. The number of hydrogen-bond acceptors (Lipinski definition) is 4. The van der Waals surface area contributed by atoms with Crippen molar-refractivity contribution in [2.45, 2.75) is 31.2 Å². The highest BCUT2D eigenvalue weighted by Crippen LogP contribution is 2.53. The molecule has 0 amide bonds. The van der Waals surface area contributed by atoms with Crippen molar-refractivity contribution >= 4 is 10.0 Å². The van der Waals surface area contributed by atoms with E-state index in [1.807, 2.05) is 26.0 Å². The third-order valence-electron chi connectivity index (χ3n) is 5.55. The Balaban J connectivity index is 2.17. The zero-order valence-electron chi connectivity index (χ0n) is 16.3. The Bertz CT molecular complexity index is 1020. The van der Waals surface area contributed by atoms with E-state index in [1.54, 1.807) is 43.5 Å². The minimum atomic E-state index is -3.80. The number of hydrogen-bond donors (Lipinski definition) is 0. The van der Waals surface area contributed by atoms with Gasteiger partial charge >= 0.3 is 0 Å². The fraction of sp³-hybridized carbons (Fsp3) is 0.318. The molecule has 1 aliphatic heterocycles. The summed E-state index contributed by atoms with van der Waals surface area (Å²) in [6, 6.07) is 15.7. The van der Waals surface area contributed by atoms with Crippen molar-refractivity contribution < 1.29 is 13.2 Å². The minimum Gasteiger partial charge on any atom is -0.497 e. The number of methoxy groups -OCH3 is 1. The van der Waals surface area contributed by atoms with Crippen molar-refractivity contribution in [3.63, 3.8) is 0 Å². The lowest BCUT2D eigenvalue weighted by molar-refractivity contribution is 0.289.